The molecule has 114 valence electrons. The number of aryl methyl sites for hydroxylation is 1. The van der Waals surface area contributed by atoms with Crippen molar-refractivity contribution in [2.45, 2.75) is 17.8 Å². The first-order chi connectivity index (χ1) is 10.7. The Morgan fingerprint density at radius 2 is 2.09 bits per heavy atom. The van der Waals surface area contributed by atoms with Crippen LogP contribution in [0, 0.1) is 6.92 Å². The summed E-state index contributed by atoms with van der Waals surface area (Å²) in [5.74, 6) is 3.27. The van der Waals surface area contributed by atoms with E-state index in [9.17, 15) is 0 Å². The van der Waals surface area contributed by atoms with Gasteiger partial charge in [0.25, 0.3) is 0 Å². The average molecular weight is 317 g/mol. The number of rotatable bonds is 5. The molecule has 0 atom stereocenters. The summed E-state index contributed by atoms with van der Waals surface area (Å²) in [6.45, 7) is 1.77. The standard InChI is InChI=1S/C14H15N5O2S/c1-9-15-16-12(21-9)8-22-14-18-17-13(19(14)2)10-5-4-6-11(7-10)20-3/h4-7H,8H2,1-3H3. The van der Waals surface area contributed by atoms with Crippen molar-refractivity contribution in [3.8, 4) is 17.1 Å². The van der Waals surface area contributed by atoms with Gasteiger partial charge in [-0.2, -0.15) is 0 Å². The highest BCUT2D eigenvalue weighted by molar-refractivity contribution is 7.98. The lowest BCUT2D eigenvalue weighted by atomic mass is 10.2. The minimum Gasteiger partial charge on any atom is -0.497 e. The molecule has 0 unspecified atom stereocenters. The van der Waals surface area contributed by atoms with Crippen molar-refractivity contribution in [1.82, 2.24) is 25.0 Å². The van der Waals surface area contributed by atoms with Crippen LogP contribution in [0.5, 0.6) is 5.75 Å². The van der Waals surface area contributed by atoms with E-state index in [0.717, 1.165) is 22.3 Å². The first-order valence-electron chi connectivity index (χ1n) is 6.63. The maximum atomic E-state index is 5.35. The third-order valence-electron chi connectivity index (χ3n) is 3.06. The fraction of sp³-hybridized carbons (Fsp3) is 0.286. The van der Waals surface area contributed by atoms with E-state index in [4.69, 9.17) is 9.15 Å². The molecule has 0 bridgehead atoms. The Kier molecular flexibility index (Phi) is 4.10. The van der Waals surface area contributed by atoms with Crippen LogP contribution >= 0.6 is 11.8 Å². The summed E-state index contributed by atoms with van der Waals surface area (Å²) >= 11 is 1.50. The Morgan fingerprint density at radius 3 is 2.82 bits per heavy atom. The second-order valence-corrected chi connectivity index (χ2v) is 5.54. The highest BCUT2D eigenvalue weighted by Crippen LogP contribution is 2.26. The Hall–Kier alpha value is -2.35. The summed E-state index contributed by atoms with van der Waals surface area (Å²) in [5.41, 5.74) is 0.954. The van der Waals surface area contributed by atoms with Gasteiger partial charge in [0.15, 0.2) is 11.0 Å². The van der Waals surface area contributed by atoms with Crippen LogP contribution in [-0.4, -0.2) is 32.1 Å². The SMILES string of the molecule is COc1cccc(-c2nnc(SCc3nnc(C)o3)n2C)c1. The van der Waals surface area contributed by atoms with Crippen molar-refractivity contribution in [1.29, 1.82) is 0 Å². The van der Waals surface area contributed by atoms with E-state index in [1.54, 1.807) is 14.0 Å². The summed E-state index contributed by atoms with van der Waals surface area (Å²) in [5, 5.41) is 17.0. The lowest BCUT2D eigenvalue weighted by Crippen LogP contribution is -1.95. The zero-order valence-electron chi connectivity index (χ0n) is 12.5. The van der Waals surface area contributed by atoms with Gasteiger partial charge in [0.2, 0.25) is 11.8 Å². The van der Waals surface area contributed by atoms with Crippen LogP contribution in [0.15, 0.2) is 33.8 Å². The van der Waals surface area contributed by atoms with Gasteiger partial charge in [0.1, 0.15) is 5.75 Å². The number of ether oxygens (including phenoxy) is 1. The number of nitrogens with zero attached hydrogens (tertiary/aromatic N) is 5. The van der Waals surface area contributed by atoms with Crippen LogP contribution in [0.1, 0.15) is 11.8 Å². The summed E-state index contributed by atoms with van der Waals surface area (Å²) < 4.78 is 12.5. The maximum Gasteiger partial charge on any atom is 0.226 e. The van der Waals surface area contributed by atoms with Crippen LogP contribution in [0.2, 0.25) is 0 Å². The molecule has 8 heteroatoms. The van der Waals surface area contributed by atoms with E-state index < -0.39 is 0 Å². The molecule has 0 saturated carbocycles. The van der Waals surface area contributed by atoms with Gasteiger partial charge in [-0.25, -0.2) is 0 Å². The van der Waals surface area contributed by atoms with Crippen LogP contribution in [0.3, 0.4) is 0 Å². The van der Waals surface area contributed by atoms with Crippen molar-refractivity contribution in [3.63, 3.8) is 0 Å². The molecule has 0 amide bonds. The van der Waals surface area contributed by atoms with E-state index in [1.807, 2.05) is 35.9 Å². The highest BCUT2D eigenvalue weighted by atomic mass is 32.2. The van der Waals surface area contributed by atoms with Crippen molar-refractivity contribution in [2.24, 2.45) is 7.05 Å². The lowest BCUT2D eigenvalue weighted by Gasteiger charge is -2.05. The van der Waals surface area contributed by atoms with Crippen LogP contribution in [0.4, 0.5) is 0 Å². The molecule has 2 heterocycles. The molecule has 3 rings (SSSR count). The van der Waals surface area contributed by atoms with Crippen molar-refractivity contribution in [2.75, 3.05) is 7.11 Å². The summed E-state index contributed by atoms with van der Waals surface area (Å²) in [6, 6.07) is 7.73. The second-order valence-electron chi connectivity index (χ2n) is 4.60. The molecule has 3 aromatic rings. The van der Waals surface area contributed by atoms with E-state index in [0.29, 0.717) is 17.5 Å². The molecule has 0 spiro atoms. The second kappa shape index (κ2) is 6.18. The lowest BCUT2D eigenvalue weighted by molar-refractivity contribution is 0.415. The third-order valence-corrected chi connectivity index (χ3v) is 4.06. The van der Waals surface area contributed by atoms with Crippen LogP contribution < -0.4 is 4.74 Å². The number of hydrogen-bond donors (Lipinski definition) is 0. The zero-order chi connectivity index (χ0) is 15.5. The fourth-order valence-electron chi connectivity index (χ4n) is 1.98. The number of methoxy groups -OCH3 is 1. The van der Waals surface area contributed by atoms with Gasteiger partial charge < -0.3 is 13.7 Å². The van der Waals surface area contributed by atoms with Gasteiger partial charge in [-0.1, -0.05) is 23.9 Å². The van der Waals surface area contributed by atoms with Gasteiger partial charge >= 0.3 is 0 Å². The van der Waals surface area contributed by atoms with Crippen LogP contribution in [0.25, 0.3) is 11.4 Å². The third kappa shape index (κ3) is 2.96. The van der Waals surface area contributed by atoms with Crippen LogP contribution in [-0.2, 0) is 12.8 Å². The zero-order valence-corrected chi connectivity index (χ0v) is 13.3. The summed E-state index contributed by atoms with van der Waals surface area (Å²) in [4.78, 5) is 0. The minimum absolute atomic E-state index is 0.560. The Balaban J connectivity index is 1.79. The minimum atomic E-state index is 0.560. The van der Waals surface area contributed by atoms with E-state index in [2.05, 4.69) is 20.4 Å². The molecule has 0 aliphatic rings. The van der Waals surface area contributed by atoms with Gasteiger partial charge in [-0.05, 0) is 12.1 Å². The molecular formula is C14H15N5O2S. The monoisotopic (exact) mass is 317 g/mol. The van der Waals surface area contributed by atoms with E-state index in [1.165, 1.54) is 11.8 Å². The quantitative estimate of drug-likeness (QED) is 0.669. The first kappa shape index (κ1) is 14.6. The molecule has 0 radical (unpaired) electrons. The van der Waals surface area contributed by atoms with Crippen molar-refractivity contribution in [3.05, 3.63) is 36.0 Å². The molecule has 0 saturated heterocycles. The predicted octanol–water partition coefficient (Wildman–Crippen LogP) is 2.47. The Bertz CT molecular complexity index is 783. The number of thioether (sulfide) groups is 1. The molecule has 0 aliphatic carbocycles. The Morgan fingerprint density at radius 1 is 1.23 bits per heavy atom. The predicted molar refractivity (Wildman–Crippen MR) is 81.6 cm³/mol. The molecule has 0 aliphatic heterocycles. The number of benzene rings is 1. The van der Waals surface area contributed by atoms with Gasteiger partial charge in [0.05, 0.1) is 12.9 Å². The molecule has 2 aromatic heterocycles. The number of aromatic nitrogens is 5. The maximum absolute atomic E-state index is 5.35. The topological polar surface area (TPSA) is 78.9 Å². The molecule has 0 N–H and O–H groups in total. The molecule has 7 nitrogen and oxygen atoms in total. The molecule has 1 aromatic carbocycles. The van der Waals surface area contributed by atoms with Crippen molar-refractivity contribution >= 4 is 11.8 Å². The van der Waals surface area contributed by atoms with Gasteiger partial charge in [-0.15, -0.1) is 20.4 Å². The Labute approximate surface area is 131 Å². The summed E-state index contributed by atoms with van der Waals surface area (Å²) in [7, 11) is 3.57. The van der Waals surface area contributed by atoms with Crippen molar-refractivity contribution < 1.29 is 9.15 Å². The fourth-order valence-corrected chi connectivity index (χ4v) is 2.72. The molecular weight excluding hydrogens is 302 g/mol. The smallest absolute Gasteiger partial charge is 0.226 e. The summed E-state index contributed by atoms with van der Waals surface area (Å²) in [6.07, 6.45) is 0. The molecule has 22 heavy (non-hydrogen) atoms. The van der Waals surface area contributed by atoms with E-state index >= 15 is 0 Å². The van der Waals surface area contributed by atoms with Gasteiger partial charge in [-0.3, -0.25) is 0 Å². The normalized spacial score (nSPS) is 10.9. The highest BCUT2D eigenvalue weighted by Gasteiger charge is 2.13. The average Bonchev–Trinajstić information content (AvgIpc) is 3.11. The van der Waals surface area contributed by atoms with Gasteiger partial charge in [0, 0.05) is 19.5 Å². The van der Waals surface area contributed by atoms with E-state index in [-0.39, 0.29) is 0 Å². The number of hydrogen-bond acceptors (Lipinski definition) is 7. The molecule has 0 fully saturated rings. The first-order valence-corrected chi connectivity index (χ1v) is 7.61. The largest absolute Gasteiger partial charge is 0.497 e.